The van der Waals surface area contributed by atoms with Crippen molar-refractivity contribution in [2.45, 2.75) is 31.4 Å². The predicted octanol–water partition coefficient (Wildman–Crippen LogP) is 2.51. The molecule has 2 heteroatoms. The molecule has 1 saturated heterocycles. The van der Waals surface area contributed by atoms with Gasteiger partial charge in [-0.25, -0.2) is 0 Å². The first-order chi connectivity index (χ1) is 6.66. The third-order valence-electron chi connectivity index (χ3n) is 3.94. The quantitative estimate of drug-likeness (QED) is 0.677. The number of anilines is 1. The van der Waals surface area contributed by atoms with E-state index < -0.39 is 0 Å². The van der Waals surface area contributed by atoms with E-state index in [0.717, 1.165) is 13.0 Å². The van der Waals surface area contributed by atoms with Crippen molar-refractivity contribution in [3.05, 3.63) is 29.8 Å². The van der Waals surface area contributed by atoms with Gasteiger partial charge in [0.1, 0.15) is 5.72 Å². The number of para-hydroxylation sites is 1. The molecule has 3 rings (SSSR count). The molecule has 0 aromatic heterocycles. The van der Waals surface area contributed by atoms with E-state index in [9.17, 15) is 0 Å². The van der Waals surface area contributed by atoms with Gasteiger partial charge in [-0.15, -0.1) is 0 Å². The second-order valence-corrected chi connectivity index (χ2v) is 4.63. The molecule has 2 nitrogen and oxygen atoms in total. The molecule has 0 spiro atoms. The Labute approximate surface area is 84.3 Å². The fraction of sp³-hybridized carbons (Fsp3) is 0.500. The summed E-state index contributed by atoms with van der Waals surface area (Å²) in [5.41, 5.74) is 2.58. The van der Waals surface area contributed by atoms with Crippen LogP contribution in [-0.4, -0.2) is 12.3 Å². The van der Waals surface area contributed by atoms with Gasteiger partial charge in [0.25, 0.3) is 0 Å². The van der Waals surface area contributed by atoms with E-state index in [0.29, 0.717) is 0 Å². The molecule has 1 N–H and O–H groups in total. The van der Waals surface area contributed by atoms with Crippen molar-refractivity contribution in [1.82, 2.24) is 0 Å². The zero-order valence-electron chi connectivity index (χ0n) is 8.63. The van der Waals surface area contributed by atoms with Crippen molar-refractivity contribution in [2.24, 2.45) is 0 Å². The molecule has 2 aliphatic heterocycles. The van der Waals surface area contributed by atoms with E-state index in [1.165, 1.54) is 11.3 Å². The second kappa shape index (κ2) is 2.31. The molecule has 1 aromatic rings. The molecule has 0 unspecified atom stereocenters. The summed E-state index contributed by atoms with van der Waals surface area (Å²) in [5, 5.41) is 3.49. The minimum Gasteiger partial charge on any atom is -0.357 e. The Balaban J connectivity index is 2.22. The van der Waals surface area contributed by atoms with Crippen molar-refractivity contribution in [3.63, 3.8) is 0 Å². The molecule has 0 bridgehead atoms. The topological polar surface area (TPSA) is 21.3 Å². The lowest BCUT2D eigenvalue weighted by molar-refractivity contribution is 0.0182. The molecule has 2 aliphatic rings. The Morgan fingerprint density at radius 3 is 2.93 bits per heavy atom. The van der Waals surface area contributed by atoms with Crippen LogP contribution < -0.4 is 5.32 Å². The number of rotatable bonds is 0. The lowest BCUT2D eigenvalue weighted by Crippen LogP contribution is -2.44. The van der Waals surface area contributed by atoms with Crippen LogP contribution in [0.5, 0.6) is 0 Å². The van der Waals surface area contributed by atoms with Crippen LogP contribution in [0.1, 0.15) is 25.8 Å². The Morgan fingerprint density at radius 2 is 2.07 bits per heavy atom. The van der Waals surface area contributed by atoms with Crippen LogP contribution in [0.3, 0.4) is 0 Å². The van der Waals surface area contributed by atoms with Gasteiger partial charge >= 0.3 is 0 Å². The molecule has 2 atom stereocenters. The van der Waals surface area contributed by atoms with E-state index in [4.69, 9.17) is 4.74 Å². The molecule has 1 fully saturated rings. The van der Waals surface area contributed by atoms with E-state index in [1.807, 2.05) is 0 Å². The molecule has 14 heavy (non-hydrogen) atoms. The predicted molar refractivity (Wildman–Crippen MR) is 56.4 cm³/mol. The van der Waals surface area contributed by atoms with Crippen molar-refractivity contribution in [2.75, 3.05) is 11.9 Å². The number of benzene rings is 1. The number of hydrogen-bond donors (Lipinski definition) is 1. The Morgan fingerprint density at radius 1 is 1.29 bits per heavy atom. The summed E-state index contributed by atoms with van der Waals surface area (Å²) in [6.45, 7) is 5.30. The molecule has 0 aliphatic carbocycles. The summed E-state index contributed by atoms with van der Waals surface area (Å²) in [5.74, 6) is 0. The third kappa shape index (κ3) is 0.758. The summed E-state index contributed by atoms with van der Waals surface area (Å²) in [6, 6.07) is 8.52. The van der Waals surface area contributed by atoms with Crippen molar-refractivity contribution in [1.29, 1.82) is 0 Å². The zero-order chi connectivity index (χ0) is 9.81. The minimum absolute atomic E-state index is 0.142. The highest BCUT2D eigenvalue weighted by Gasteiger charge is 2.56. The molecule has 0 saturated carbocycles. The van der Waals surface area contributed by atoms with Crippen molar-refractivity contribution < 1.29 is 4.74 Å². The maximum Gasteiger partial charge on any atom is 0.145 e. The largest absolute Gasteiger partial charge is 0.357 e. The van der Waals surface area contributed by atoms with E-state index in [-0.39, 0.29) is 11.1 Å². The number of hydrogen-bond acceptors (Lipinski definition) is 2. The van der Waals surface area contributed by atoms with Crippen LogP contribution >= 0.6 is 0 Å². The molecule has 2 heterocycles. The first-order valence-electron chi connectivity index (χ1n) is 5.17. The Kier molecular flexibility index (Phi) is 1.37. The summed E-state index contributed by atoms with van der Waals surface area (Å²) in [4.78, 5) is 0. The highest BCUT2D eigenvalue weighted by molar-refractivity contribution is 5.63. The SMILES string of the molecule is C[C@@]12CCO[C@@]1(C)Nc1ccccc12. The van der Waals surface area contributed by atoms with Gasteiger partial charge in [0.15, 0.2) is 0 Å². The van der Waals surface area contributed by atoms with Crippen molar-refractivity contribution >= 4 is 5.69 Å². The monoisotopic (exact) mass is 189 g/mol. The van der Waals surface area contributed by atoms with E-state index >= 15 is 0 Å². The molecule has 0 radical (unpaired) electrons. The molecular weight excluding hydrogens is 174 g/mol. The molecule has 1 aromatic carbocycles. The fourth-order valence-electron chi connectivity index (χ4n) is 2.75. The van der Waals surface area contributed by atoms with Gasteiger partial charge in [-0.2, -0.15) is 0 Å². The van der Waals surface area contributed by atoms with Crippen LogP contribution in [0.2, 0.25) is 0 Å². The van der Waals surface area contributed by atoms with Crippen molar-refractivity contribution in [3.8, 4) is 0 Å². The summed E-state index contributed by atoms with van der Waals surface area (Å²) >= 11 is 0. The smallest absolute Gasteiger partial charge is 0.145 e. The Bertz CT molecular complexity index is 390. The van der Waals surface area contributed by atoms with Gasteiger partial charge in [-0.05, 0) is 25.0 Å². The van der Waals surface area contributed by atoms with Gasteiger partial charge in [-0.3, -0.25) is 0 Å². The second-order valence-electron chi connectivity index (χ2n) is 4.63. The molecule has 74 valence electrons. The van der Waals surface area contributed by atoms with Gasteiger partial charge in [-0.1, -0.05) is 25.1 Å². The highest BCUT2D eigenvalue weighted by Crippen LogP contribution is 2.53. The zero-order valence-corrected chi connectivity index (χ0v) is 8.63. The van der Waals surface area contributed by atoms with Crippen LogP contribution in [0.15, 0.2) is 24.3 Å². The first-order valence-corrected chi connectivity index (χ1v) is 5.17. The fourth-order valence-corrected chi connectivity index (χ4v) is 2.75. The average molecular weight is 189 g/mol. The Hall–Kier alpha value is -1.02. The standard InChI is InChI=1S/C12H15NO/c1-11-7-8-14-12(11,2)13-10-6-4-3-5-9(10)11/h3-6,13H,7-8H2,1-2H3/t11-,12+/m0/s1. The maximum atomic E-state index is 5.84. The molecule has 0 amide bonds. The van der Waals surface area contributed by atoms with Crippen LogP contribution in [0.25, 0.3) is 0 Å². The van der Waals surface area contributed by atoms with Gasteiger partial charge in [0.05, 0.1) is 6.61 Å². The number of fused-ring (bicyclic) bond motifs is 3. The minimum atomic E-state index is -0.198. The van der Waals surface area contributed by atoms with Crippen LogP contribution in [-0.2, 0) is 10.2 Å². The number of ether oxygens (including phenoxy) is 1. The van der Waals surface area contributed by atoms with Gasteiger partial charge in [0, 0.05) is 11.1 Å². The number of nitrogens with one attached hydrogen (secondary N) is 1. The van der Waals surface area contributed by atoms with Gasteiger partial charge in [0.2, 0.25) is 0 Å². The van der Waals surface area contributed by atoms with Crippen LogP contribution in [0, 0.1) is 0 Å². The normalized spacial score (nSPS) is 39.0. The lowest BCUT2D eigenvalue weighted by Gasteiger charge is -2.32. The molecular formula is C12H15NO. The first kappa shape index (κ1) is 8.30. The summed E-state index contributed by atoms with van der Waals surface area (Å²) in [6.07, 6.45) is 1.10. The highest BCUT2D eigenvalue weighted by atomic mass is 16.5. The van der Waals surface area contributed by atoms with E-state index in [2.05, 4.69) is 43.4 Å². The summed E-state index contributed by atoms with van der Waals surface area (Å²) in [7, 11) is 0. The van der Waals surface area contributed by atoms with Gasteiger partial charge < -0.3 is 10.1 Å². The van der Waals surface area contributed by atoms with Crippen LogP contribution in [0.4, 0.5) is 5.69 Å². The lowest BCUT2D eigenvalue weighted by atomic mass is 9.76. The average Bonchev–Trinajstić information content (AvgIpc) is 2.54. The summed E-state index contributed by atoms with van der Waals surface area (Å²) < 4.78 is 5.84. The van der Waals surface area contributed by atoms with E-state index in [1.54, 1.807) is 0 Å². The maximum absolute atomic E-state index is 5.84. The third-order valence-corrected chi connectivity index (χ3v) is 3.94.